The average Bonchev–Trinajstić information content (AvgIpc) is 2.69. The zero-order valence-electron chi connectivity index (χ0n) is 10.8. The van der Waals surface area contributed by atoms with Crippen LogP contribution in [-0.2, 0) is 4.74 Å². The standard InChI is InChI=1S/C13H22ClNOS/c1-4-10(15)13(16-8-7-9(2)3)11-5-6-12(14)17-11/h5-6,9-10,13H,4,7-8,15H2,1-3H3. The molecule has 2 unspecified atom stereocenters. The highest BCUT2D eigenvalue weighted by atomic mass is 35.5. The van der Waals surface area contributed by atoms with Crippen LogP contribution >= 0.6 is 22.9 Å². The molecule has 0 aliphatic rings. The van der Waals surface area contributed by atoms with Crippen LogP contribution in [0, 0.1) is 5.92 Å². The molecule has 2 nitrogen and oxygen atoms in total. The first-order valence-electron chi connectivity index (χ1n) is 6.17. The highest BCUT2D eigenvalue weighted by molar-refractivity contribution is 7.16. The van der Waals surface area contributed by atoms with Crippen molar-refractivity contribution in [2.24, 2.45) is 11.7 Å². The normalized spacial score (nSPS) is 15.2. The molecule has 1 aromatic rings. The van der Waals surface area contributed by atoms with Gasteiger partial charge in [0.25, 0.3) is 0 Å². The van der Waals surface area contributed by atoms with Gasteiger partial charge in [-0.3, -0.25) is 0 Å². The molecule has 1 rings (SSSR count). The molecule has 0 aliphatic carbocycles. The first-order valence-corrected chi connectivity index (χ1v) is 7.36. The Balaban J connectivity index is 2.61. The molecule has 1 aromatic heterocycles. The van der Waals surface area contributed by atoms with Crippen LogP contribution in [0.3, 0.4) is 0 Å². The minimum absolute atomic E-state index is 0.0174. The lowest BCUT2D eigenvalue weighted by atomic mass is 10.1. The quantitative estimate of drug-likeness (QED) is 0.808. The minimum atomic E-state index is -0.0174. The molecular formula is C13H22ClNOS. The fourth-order valence-electron chi connectivity index (χ4n) is 1.54. The molecule has 0 spiro atoms. The van der Waals surface area contributed by atoms with Gasteiger partial charge in [-0.1, -0.05) is 32.4 Å². The third kappa shape index (κ3) is 4.96. The Morgan fingerprint density at radius 2 is 2.12 bits per heavy atom. The lowest BCUT2D eigenvalue weighted by Crippen LogP contribution is -2.29. The lowest BCUT2D eigenvalue weighted by molar-refractivity contribution is 0.0298. The van der Waals surface area contributed by atoms with Crippen molar-refractivity contribution in [3.05, 3.63) is 21.3 Å². The summed E-state index contributed by atoms with van der Waals surface area (Å²) in [6.07, 6.45) is 1.95. The van der Waals surface area contributed by atoms with E-state index in [4.69, 9.17) is 22.1 Å². The molecule has 0 saturated heterocycles. The Morgan fingerprint density at radius 1 is 1.41 bits per heavy atom. The largest absolute Gasteiger partial charge is 0.371 e. The van der Waals surface area contributed by atoms with E-state index in [1.807, 2.05) is 12.1 Å². The predicted octanol–water partition coefficient (Wildman–Crippen LogP) is 4.24. The van der Waals surface area contributed by atoms with E-state index in [0.717, 1.165) is 28.7 Å². The van der Waals surface area contributed by atoms with Gasteiger partial charge >= 0.3 is 0 Å². The zero-order valence-corrected chi connectivity index (χ0v) is 12.4. The molecule has 4 heteroatoms. The van der Waals surface area contributed by atoms with Crippen LogP contribution in [0.15, 0.2) is 12.1 Å². The highest BCUT2D eigenvalue weighted by Crippen LogP contribution is 2.31. The molecule has 0 fully saturated rings. The lowest BCUT2D eigenvalue weighted by Gasteiger charge is -2.22. The maximum atomic E-state index is 6.11. The molecule has 0 aliphatic heterocycles. The van der Waals surface area contributed by atoms with E-state index < -0.39 is 0 Å². The number of hydrogen-bond donors (Lipinski definition) is 1. The van der Waals surface area contributed by atoms with Gasteiger partial charge in [-0.25, -0.2) is 0 Å². The Morgan fingerprint density at radius 3 is 2.59 bits per heavy atom. The number of thiophene rings is 1. The van der Waals surface area contributed by atoms with E-state index in [1.54, 1.807) is 11.3 Å². The second-order valence-electron chi connectivity index (χ2n) is 4.69. The van der Waals surface area contributed by atoms with Crippen molar-refractivity contribution in [3.63, 3.8) is 0 Å². The first-order chi connectivity index (χ1) is 8.04. The Bertz CT molecular complexity index is 327. The van der Waals surface area contributed by atoms with Crippen molar-refractivity contribution in [1.29, 1.82) is 0 Å². The van der Waals surface area contributed by atoms with Crippen molar-refractivity contribution in [3.8, 4) is 0 Å². The molecule has 2 N–H and O–H groups in total. The molecule has 2 atom stereocenters. The summed E-state index contributed by atoms with van der Waals surface area (Å²) in [5.74, 6) is 0.653. The second-order valence-corrected chi connectivity index (χ2v) is 6.43. The third-order valence-electron chi connectivity index (χ3n) is 2.73. The van der Waals surface area contributed by atoms with Crippen molar-refractivity contribution in [2.75, 3.05) is 6.61 Å². The third-order valence-corrected chi connectivity index (χ3v) is 4.02. The Kier molecular flexibility index (Phi) is 6.49. The Hall–Kier alpha value is -0.0900. The van der Waals surface area contributed by atoms with Crippen molar-refractivity contribution in [2.45, 2.75) is 45.8 Å². The molecule has 0 amide bonds. The van der Waals surface area contributed by atoms with Gasteiger partial charge in [0.2, 0.25) is 0 Å². The van der Waals surface area contributed by atoms with Crippen LogP contribution in [-0.4, -0.2) is 12.6 Å². The summed E-state index contributed by atoms with van der Waals surface area (Å²) in [4.78, 5) is 1.13. The van der Waals surface area contributed by atoms with E-state index in [-0.39, 0.29) is 12.1 Å². The first kappa shape index (κ1) is 15.0. The molecule has 0 bridgehead atoms. The minimum Gasteiger partial charge on any atom is -0.371 e. The SMILES string of the molecule is CCC(N)C(OCCC(C)C)c1ccc(Cl)s1. The van der Waals surface area contributed by atoms with Gasteiger partial charge in [0, 0.05) is 17.5 Å². The molecule has 0 aromatic carbocycles. The fraction of sp³-hybridized carbons (Fsp3) is 0.692. The van der Waals surface area contributed by atoms with E-state index in [0.29, 0.717) is 5.92 Å². The summed E-state index contributed by atoms with van der Waals surface area (Å²) in [6.45, 7) is 7.23. The van der Waals surface area contributed by atoms with E-state index in [2.05, 4.69) is 20.8 Å². The second kappa shape index (κ2) is 7.37. The van der Waals surface area contributed by atoms with Crippen LogP contribution in [0.4, 0.5) is 0 Å². The van der Waals surface area contributed by atoms with Crippen LogP contribution in [0.2, 0.25) is 4.34 Å². The van der Waals surface area contributed by atoms with Gasteiger partial charge in [0.15, 0.2) is 0 Å². The highest BCUT2D eigenvalue weighted by Gasteiger charge is 2.21. The molecule has 98 valence electrons. The van der Waals surface area contributed by atoms with Gasteiger partial charge in [-0.2, -0.15) is 0 Å². The fourth-order valence-corrected chi connectivity index (χ4v) is 2.73. The van der Waals surface area contributed by atoms with Gasteiger partial charge in [0.1, 0.15) is 6.10 Å². The van der Waals surface area contributed by atoms with E-state index >= 15 is 0 Å². The van der Waals surface area contributed by atoms with Crippen molar-refractivity contribution in [1.82, 2.24) is 0 Å². The molecular weight excluding hydrogens is 254 g/mol. The van der Waals surface area contributed by atoms with E-state index in [9.17, 15) is 0 Å². The average molecular weight is 276 g/mol. The number of rotatable bonds is 7. The molecule has 0 radical (unpaired) electrons. The molecule has 0 saturated carbocycles. The summed E-state index contributed by atoms with van der Waals surface area (Å²) in [7, 11) is 0. The maximum absolute atomic E-state index is 6.11. The smallest absolute Gasteiger partial charge is 0.107 e. The van der Waals surface area contributed by atoms with Crippen molar-refractivity contribution < 1.29 is 4.74 Å². The maximum Gasteiger partial charge on any atom is 0.107 e. The summed E-state index contributed by atoms with van der Waals surface area (Å²) >= 11 is 7.52. The van der Waals surface area contributed by atoms with Crippen molar-refractivity contribution >= 4 is 22.9 Å². The topological polar surface area (TPSA) is 35.2 Å². The van der Waals surface area contributed by atoms with Gasteiger partial charge in [-0.05, 0) is 30.9 Å². The summed E-state index contributed by atoms with van der Waals surface area (Å²) in [5, 5.41) is 0. The van der Waals surface area contributed by atoms with Crippen LogP contribution in [0.1, 0.15) is 44.6 Å². The number of hydrogen-bond acceptors (Lipinski definition) is 3. The number of ether oxygens (including phenoxy) is 1. The monoisotopic (exact) mass is 275 g/mol. The van der Waals surface area contributed by atoms with Gasteiger partial charge in [0.05, 0.1) is 4.34 Å². The van der Waals surface area contributed by atoms with Crippen LogP contribution < -0.4 is 5.73 Å². The number of halogens is 1. The summed E-state index contributed by atoms with van der Waals surface area (Å²) < 4.78 is 6.72. The van der Waals surface area contributed by atoms with Crippen LogP contribution in [0.5, 0.6) is 0 Å². The molecule has 17 heavy (non-hydrogen) atoms. The summed E-state index contributed by atoms with van der Waals surface area (Å²) in [5.41, 5.74) is 6.11. The molecule has 1 heterocycles. The Labute approximate surface area is 113 Å². The van der Waals surface area contributed by atoms with Gasteiger partial charge < -0.3 is 10.5 Å². The number of nitrogens with two attached hydrogens (primary N) is 1. The van der Waals surface area contributed by atoms with Gasteiger partial charge in [-0.15, -0.1) is 11.3 Å². The van der Waals surface area contributed by atoms with Crippen LogP contribution in [0.25, 0.3) is 0 Å². The summed E-state index contributed by atoms with van der Waals surface area (Å²) in [6, 6.07) is 3.96. The predicted molar refractivity (Wildman–Crippen MR) is 75.7 cm³/mol. The van der Waals surface area contributed by atoms with E-state index in [1.165, 1.54) is 0 Å². The zero-order chi connectivity index (χ0) is 12.8.